The fourth-order valence-corrected chi connectivity index (χ4v) is 2.96. The minimum atomic E-state index is -0.795. The maximum Gasteiger partial charge on any atom is 0.155 e. The summed E-state index contributed by atoms with van der Waals surface area (Å²) in [5.41, 5.74) is 0. The van der Waals surface area contributed by atoms with Crippen molar-refractivity contribution in [3.05, 3.63) is 0 Å². The number of aliphatic hydroxyl groups is 2. The second kappa shape index (κ2) is 11.0. The molecule has 0 bridgehead atoms. The van der Waals surface area contributed by atoms with E-state index >= 15 is 0 Å². The van der Waals surface area contributed by atoms with E-state index in [1.54, 1.807) is 27.7 Å². The van der Waals surface area contributed by atoms with Crippen molar-refractivity contribution in [3.8, 4) is 0 Å². The van der Waals surface area contributed by atoms with Gasteiger partial charge in [-0.3, -0.25) is 9.59 Å². The molecule has 6 heteroatoms. The van der Waals surface area contributed by atoms with Gasteiger partial charge < -0.3 is 20.8 Å². The third-order valence-corrected chi connectivity index (χ3v) is 4.32. The molecule has 0 aliphatic heterocycles. The molecule has 0 aliphatic rings. The first kappa shape index (κ1) is 24.2. The van der Waals surface area contributed by atoms with E-state index in [1.165, 1.54) is 0 Å². The minimum absolute atomic E-state index is 0.0378. The Balaban J connectivity index is 4.88. The third-order valence-electron chi connectivity index (χ3n) is 4.32. The van der Waals surface area contributed by atoms with Crippen LogP contribution in [-0.4, -0.2) is 58.2 Å². The van der Waals surface area contributed by atoms with Gasteiger partial charge in [0.15, 0.2) is 11.6 Å². The number of hydrogen-bond acceptors (Lipinski definition) is 6. The molecule has 4 N–H and O–H groups in total. The van der Waals surface area contributed by atoms with Crippen molar-refractivity contribution in [3.63, 3.8) is 0 Å². The van der Waals surface area contributed by atoms with Gasteiger partial charge in [-0.25, -0.2) is 0 Å². The van der Waals surface area contributed by atoms with Crippen molar-refractivity contribution in [2.24, 2.45) is 11.8 Å². The predicted molar refractivity (Wildman–Crippen MR) is 100 cm³/mol. The maximum absolute atomic E-state index is 12.7. The number of carbonyl (C=O) groups is 2. The predicted octanol–water partition coefficient (Wildman–Crippen LogP) is 1.28. The van der Waals surface area contributed by atoms with E-state index in [4.69, 9.17) is 0 Å². The highest BCUT2D eigenvalue weighted by Gasteiger charge is 2.31. The van der Waals surface area contributed by atoms with Crippen LogP contribution >= 0.6 is 0 Å². The van der Waals surface area contributed by atoms with Crippen molar-refractivity contribution in [2.45, 2.75) is 98.2 Å². The zero-order valence-corrected chi connectivity index (χ0v) is 17.0. The van der Waals surface area contributed by atoms with Gasteiger partial charge in [0, 0.05) is 23.9 Å². The van der Waals surface area contributed by atoms with Gasteiger partial charge in [0.05, 0.1) is 24.3 Å². The first-order valence-electron chi connectivity index (χ1n) is 9.34. The van der Waals surface area contributed by atoms with Crippen LogP contribution in [0.3, 0.4) is 0 Å². The first-order valence-corrected chi connectivity index (χ1v) is 9.34. The van der Waals surface area contributed by atoms with Crippen LogP contribution in [0.5, 0.6) is 0 Å². The Hall–Kier alpha value is -0.820. The van der Waals surface area contributed by atoms with Crippen molar-refractivity contribution in [1.82, 2.24) is 10.6 Å². The molecule has 0 aliphatic carbocycles. The highest BCUT2D eigenvalue weighted by molar-refractivity contribution is 5.87. The lowest BCUT2D eigenvalue weighted by atomic mass is 9.90. The Bertz CT molecular complexity index is 422. The van der Waals surface area contributed by atoms with Crippen LogP contribution in [0, 0.1) is 11.8 Å². The Morgan fingerprint density at radius 2 is 1.20 bits per heavy atom. The van der Waals surface area contributed by atoms with Crippen LogP contribution in [-0.2, 0) is 9.59 Å². The smallest absolute Gasteiger partial charge is 0.155 e. The number of aliphatic hydroxyl groups excluding tert-OH is 2. The zero-order valence-electron chi connectivity index (χ0n) is 17.0. The van der Waals surface area contributed by atoms with E-state index in [2.05, 4.69) is 10.6 Å². The van der Waals surface area contributed by atoms with Crippen LogP contribution < -0.4 is 10.6 Å². The van der Waals surface area contributed by atoms with Gasteiger partial charge in [0.2, 0.25) is 0 Å². The van der Waals surface area contributed by atoms with Crippen LogP contribution in [0.1, 0.15) is 61.8 Å². The van der Waals surface area contributed by atoms with Crippen molar-refractivity contribution in [2.75, 3.05) is 0 Å². The molecule has 148 valence electrons. The number of rotatable bonds is 12. The summed E-state index contributed by atoms with van der Waals surface area (Å²) in [6.45, 7) is 14.4. The minimum Gasteiger partial charge on any atom is -0.391 e. The molecule has 0 rings (SSSR count). The molecule has 0 amide bonds. The molecule has 0 aromatic heterocycles. The van der Waals surface area contributed by atoms with E-state index in [0.717, 1.165) is 0 Å². The van der Waals surface area contributed by atoms with E-state index in [1.807, 2.05) is 27.7 Å². The van der Waals surface area contributed by atoms with E-state index in [-0.39, 0.29) is 35.5 Å². The Kier molecular flexibility index (Phi) is 10.7. The van der Waals surface area contributed by atoms with Crippen molar-refractivity contribution >= 4 is 11.6 Å². The fourth-order valence-electron chi connectivity index (χ4n) is 2.96. The molecule has 0 radical (unpaired) electrons. The van der Waals surface area contributed by atoms with Gasteiger partial charge in [-0.1, -0.05) is 34.6 Å². The lowest BCUT2D eigenvalue weighted by Gasteiger charge is -2.29. The standard InChI is InChI=1S/C19H38N2O4/c1-10(2)18(24)16(14(7)22)21-13(6)9-12(5)19(25)17(15(8)23)20-11(3)4/h10-17,20-23H,9H2,1-8H3/t12?,13?,14?,15?,16-,17+/m1/s1. The van der Waals surface area contributed by atoms with Crippen LogP contribution in [0.15, 0.2) is 0 Å². The van der Waals surface area contributed by atoms with Gasteiger partial charge in [-0.15, -0.1) is 0 Å². The number of hydrogen-bond donors (Lipinski definition) is 4. The lowest BCUT2D eigenvalue weighted by molar-refractivity contribution is -0.127. The highest BCUT2D eigenvalue weighted by atomic mass is 16.3. The number of Topliss-reactive ketones (excluding diaryl/α,β-unsaturated/α-hetero) is 2. The number of carbonyl (C=O) groups excluding carboxylic acids is 2. The monoisotopic (exact) mass is 358 g/mol. The molecule has 6 atom stereocenters. The lowest BCUT2D eigenvalue weighted by Crippen LogP contribution is -2.52. The quantitative estimate of drug-likeness (QED) is 0.419. The average molecular weight is 359 g/mol. The summed E-state index contributed by atoms with van der Waals surface area (Å²) in [5.74, 6) is -0.532. The second-order valence-electron chi connectivity index (χ2n) is 7.92. The summed E-state index contributed by atoms with van der Waals surface area (Å²) in [5, 5.41) is 26.0. The van der Waals surface area contributed by atoms with Crippen LogP contribution in [0.2, 0.25) is 0 Å². The Labute approximate surface area is 152 Å². The van der Waals surface area contributed by atoms with Crippen molar-refractivity contribution < 1.29 is 19.8 Å². The molecule has 6 nitrogen and oxygen atoms in total. The molecular formula is C19H38N2O4. The summed E-state index contributed by atoms with van der Waals surface area (Å²) in [4.78, 5) is 24.9. The topological polar surface area (TPSA) is 98.7 Å². The Morgan fingerprint density at radius 3 is 1.56 bits per heavy atom. The zero-order chi connectivity index (χ0) is 19.9. The maximum atomic E-state index is 12.7. The van der Waals surface area contributed by atoms with E-state index in [0.29, 0.717) is 6.42 Å². The van der Waals surface area contributed by atoms with Gasteiger partial charge in [0.1, 0.15) is 0 Å². The summed E-state index contributed by atoms with van der Waals surface area (Å²) < 4.78 is 0. The summed E-state index contributed by atoms with van der Waals surface area (Å²) in [6, 6.07) is -1.27. The van der Waals surface area contributed by atoms with Crippen LogP contribution in [0.25, 0.3) is 0 Å². The normalized spacial score (nSPS) is 19.4. The molecule has 0 aromatic carbocycles. The second-order valence-corrected chi connectivity index (χ2v) is 7.92. The Morgan fingerprint density at radius 1 is 0.760 bits per heavy atom. The van der Waals surface area contributed by atoms with Gasteiger partial charge in [-0.05, 0) is 27.2 Å². The molecule has 0 saturated carbocycles. The summed E-state index contributed by atoms with van der Waals surface area (Å²) >= 11 is 0. The number of nitrogens with one attached hydrogen (secondary N) is 2. The number of ketones is 2. The van der Waals surface area contributed by atoms with Gasteiger partial charge in [-0.2, -0.15) is 0 Å². The summed E-state index contributed by atoms with van der Waals surface area (Å²) in [7, 11) is 0. The fraction of sp³-hybridized carbons (Fsp3) is 0.895. The molecule has 0 spiro atoms. The molecule has 4 unspecified atom stereocenters. The molecule has 0 heterocycles. The van der Waals surface area contributed by atoms with E-state index in [9.17, 15) is 19.8 Å². The molecule has 25 heavy (non-hydrogen) atoms. The van der Waals surface area contributed by atoms with E-state index < -0.39 is 24.3 Å². The molecule has 0 fully saturated rings. The van der Waals surface area contributed by atoms with Gasteiger partial charge >= 0.3 is 0 Å². The molecule has 0 aromatic rings. The third kappa shape index (κ3) is 8.40. The van der Waals surface area contributed by atoms with Gasteiger partial charge in [0.25, 0.3) is 0 Å². The largest absolute Gasteiger partial charge is 0.391 e. The average Bonchev–Trinajstić information content (AvgIpc) is 2.47. The SMILES string of the molecule is CC(C)N[C@H](C(=O)C(C)CC(C)N[C@@H](C(=O)C(C)C)C(C)O)C(C)O. The van der Waals surface area contributed by atoms with Crippen molar-refractivity contribution in [1.29, 1.82) is 0 Å². The first-order chi connectivity index (χ1) is 11.4. The van der Waals surface area contributed by atoms with Crippen LogP contribution in [0.4, 0.5) is 0 Å². The summed E-state index contributed by atoms with van der Waals surface area (Å²) in [6.07, 6.45) is -1.04. The molecule has 0 saturated heterocycles. The highest BCUT2D eigenvalue weighted by Crippen LogP contribution is 2.14. The molecular weight excluding hydrogens is 320 g/mol.